The molecule has 0 saturated heterocycles. The summed E-state index contributed by atoms with van der Waals surface area (Å²) in [6, 6.07) is 4.08. The number of nitrogens with one attached hydrogen (secondary N) is 1. The summed E-state index contributed by atoms with van der Waals surface area (Å²) in [5.41, 5.74) is 11.6. The Hall–Kier alpha value is -3.09. The summed E-state index contributed by atoms with van der Waals surface area (Å²) in [6.45, 7) is 6.68. The molecule has 0 saturated carbocycles. The van der Waals surface area contributed by atoms with Gasteiger partial charge < -0.3 is 20.4 Å². The quantitative estimate of drug-likeness (QED) is 0.613. The van der Waals surface area contributed by atoms with Crippen molar-refractivity contribution in [3.05, 3.63) is 35.3 Å². The van der Waals surface area contributed by atoms with Crippen LogP contribution in [0.4, 0.5) is 5.82 Å². The Morgan fingerprint density at radius 1 is 1.21 bits per heavy atom. The molecule has 0 atom stereocenters. The van der Waals surface area contributed by atoms with Gasteiger partial charge in [-0.1, -0.05) is 0 Å². The summed E-state index contributed by atoms with van der Waals surface area (Å²) in [5.74, 6) is 2.02. The van der Waals surface area contributed by atoms with Gasteiger partial charge in [0.05, 0.1) is 7.11 Å². The van der Waals surface area contributed by atoms with Gasteiger partial charge in [-0.15, -0.1) is 0 Å². The molecule has 2 aromatic heterocycles. The molecular weight excluding hydrogens is 354 g/mol. The number of anilines is 1. The van der Waals surface area contributed by atoms with Crippen LogP contribution in [0.15, 0.2) is 18.3 Å². The molecule has 0 fully saturated rings. The number of rotatable bonds is 7. The molecule has 2 heterocycles. The number of carbonyl (C=O) groups excluding carboxylic acids is 1. The maximum absolute atomic E-state index is 11.0. The summed E-state index contributed by atoms with van der Waals surface area (Å²) in [5, 5.41) is 3.34. The average molecular weight is 381 g/mol. The van der Waals surface area contributed by atoms with E-state index in [1.807, 2.05) is 30.7 Å². The Morgan fingerprint density at radius 2 is 1.89 bits per heavy atom. The molecule has 0 aliphatic carbocycles. The summed E-state index contributed by atoms with van der Waals surface area (Å²) < 4.78 is 7.44. The lowest BCUT2D eigenvalue weighted by Crippen LogP contribution is -2.13. The Kier molecular flexibility index (Phi) is 5.53. The standard InChI is InChI=1S/C21H27N5O2/c1-12-9-15(28-5)10-13(2)18(12)16-11-26(4)20-19(16)24-14(3)25-21(20)23-8-6-7-17(22)27/h9-11H,6-8H2,1-5H3,(H2,22,27)(H,23,24,25). The topological polar surface area (TPSA) is 95.1 Å². The predicted molar refractivity (Wildman–Crippen MR) is 112 cm³/mol. The molecule has 3 N–H and O–H groups in total. The maximum Gasteiger partial charge on any atom is 0.217 e. The number of nitrogens with two attached hydrogens (primary N) is 1. The zero-order chi connectivity index (χ0) is 20.4. The van der Waals surface area contributed by atoms with Crippen molar-refractivity contribution >= 4 is 22.8 Å². The van der Waals surface area contributed by atoms with Gasteiger partial charge in [0, 0.05) is 31.8 Å². The number of hydrogen-bond donors (Lipinski definition) is 2. The van der Waals surface area contributed by atoms with E-state index in [2.05, 4.69) is 30.3 Å². The van der Waals surface area contributed by atoms with Crippen molar-refractivity contribution in [1.29, 1.82) is 0 Å². The molecule has 1 aromatic carbocycles. The Balaban J connectivity index is 2.08. The third kappa shape index (κ3) is 3.78. The largest absolute Gasteiger partial charge is 0.497 e. The molecule has 28 heavy (non-hydrogen) atoms. The number of primary amides is 1. The van der Waals surface area contributed by atoms with Gasteiger partial charge in [-0.3, -0.25) is 4.79 Å². The number of benzene rings is 1. The smallest absolute Gasteiger partial charge is 0.217 e. The first-order chi connectivity index (χ1) is 13.3. The molecule has 3 aromatic rings. The number of ether oxygens (including phenoxy) is 1. The number of nitrogens with zero attached hydrogens (tertiary/aromatic N) is 3. The van der Waals surface area contributed by atoms with Crippen LogP contribution >= 0.6 is 0 Å². The van der Waals surface area contributed by atoms with E-state index in [4.69, 9.17) is 15.5 Å². The second-order valence-electron chi connectivity index (χ2n) is 7.10. The first-order valence-electron chi connectivity index (χ1n) is 9.33. The number of hydrogen-bond acceptors (Lipinski definition) is 5. The van der Waals surface area contributed by atoms with E-state index in [-0.39, 0.29) is 5.91 Å². The van der Waals surface area contributed by atoms with Crippen LogP contribution in [0.2, 0.25) is 0 Å². The molecule has 7 nitrogen and oxygen atoms in total. The minimum Gasteiger partial charge on any atom is -0.497 e. The van der Waals surface area contributed by atoms with Crippen molar-refractivity contribution < 1.29 is 9.53 Å². The number of fused-ring (bicyclic) bond motifs is 1. The highest BCUT2D eigenvalue weighted by Gasteiger charge is 2.19. The van der Waals surface area contributed by atoms with Crippen molar-refractivity contribution in [3.8, 4) is 16.9 Å². The molecule has 0 aliphatic rings. The fraction of sp³-hybridized carbons (Fsp3) is 0.381. The van der Waals surface area contributed by atoms with Crippen LogP contribution in [-0.4, -0.2) is 34.1 Å². The molecule has 0 aliphatic heterocycles. The minimum absolute atomic E-state index is 0.294. The second kappa shape index (κ2) is 7.88. The van der Waals surface area contributed by atoms with Crippen molar-refractivity contribution in [1.82, 2.24) is 14.5 Å². The Bertz CT molecular complexity index is 1020. The molecule has 1 amide bonds. The van der Waals surface area contributed by atoms with Crippen molar-refractivity contribution in [3.63, 3.8) is 0 Å². The summed E-state index contributed by atoms with van der Waals surface area (Å²) in [7, 11) is 3.67. The van der Waals surface area contributed by atoms with Crippen LogP contribution < -0.4 is 15.8 Å². The van der Waals surface area contributed by atoms with Gasteiger partial charge in [0.15, 0.2) is 5.82 Å². The normalized spacial score (nSPS) is 11.0. The number of aryl methyl sites for hydroxylation is 4. The van der Waals surface area contributed by atoms with Crippen LogP contribution in [-0.2, 0) is 11.8 Å². The predicted octanol–water partition coefficient (Wildman–Crippen LogP) is 3.25. The van der Waals surface area contributed by atoms with Crippen LogP contribution in [0.5, 0.6) is 5.75 Å². The molecule has 0 spiro atoms. The van der Waals surface area contributed by atoms with E-state index in [1.165, 1.54) is 0 Å². The van der Waals surface area contributed by atoms with Gasteiger partial charge in [-0.05, 0) is 56.0 Å². The fourth-order valence-electron chi connectivity index (χ4n) is 3.65. The van der Waals surface area contributed by atoms with Gasteiger partial charge in [-0.2, -0.15) is 0 Å². The lowest BCUT2D eigenvalue weighted by Gasteiger charge is -2.12. The van der Waals surface area contributed by atoms with Crippen LogP contribution in [0, 0.1) is 20.8 Å². The van der Waals surface area contributed by atoms with E-state index < -0.39 is 0 Å². The van der Waals surface area contributed by atoms with Crippen LogP contribution in [0.1, 0.15) is 29.8 Å². The third-order valence-corrected chi connectivity index (χ3v) is 4.83. The van der Waals surface area contributed by atoms with E-state index in [1.54, 1.807) is 7.11 Å². The van der Waals surface area contributed by atoms with E-state index in [0.29, 0.717) is 25.2 Å². The SMILES string of the molecule is COc1cc(C)c(-c2cn(C)c3c(NCCCC(N)=O)nc(C)nc23)c(C)c1. The molecule has 0 radical (unpaired) electrons. The number of amides is 1. The Morgan fingerprint density at radius 3 is 2.50 bits per heavy atom. The number of carbonyl (C=O) groups is 1. The second-order valence-corrected chi connectivity index (χ2v) is 7.10. The van der Waals surface area contributed by atoms with Gasteiger partial charge >= 0.3 is 0 Å². The molecule has 0 bridgehead atoms. The minimum atomic E-state index is -0.294. The summed E-state index contributed by atoms with van der Waals surface area (Å²) >= 11 is 0. The van der Waals surface area contributed by atoms with Crippen LogP contribution in [0.3, 0.4) is 0 Å². The van der Waals surface area contributed by atoms with Gasteiger partial charge in [0.1, 0.15) is 22.6 Å². The summed E-state index contributed by atoms with van der Waals surface area (Å²) in [6.07, 6.45) is 3.10. The van der Waals surface area contributed by atoms with Gasteiger partial charge in [0.25, 0.3) is 0 Å². The fourth-order valence-corrected chi connectivity index (χ4v) is 3.65. The summed E-state index contributed by atoms with van der Waals surface area (Å²) in [4.78, 5) is 20.3. The molecule has 0 unspecified atom stereocenters. The number of methoxy groups -OCH3 is 1. The van der Waals surface area contributed by atoms with E-state index >= 15 is 0 Å². The highest BCUT2D eigenvalue weighted by atomic mass is 16.5. The van der Waals surface area contributed by atoms with Gasteiger partial charge in [0.2, 0.25) is 5.91 Å². The first kappa shape index (κ1) is 19.7. The van der Waals surface area contributed by atoms with E-state index in [0.717, 1.165) is 44.9 Å². The monoisotopic (exact) mass is 381 g/mol. The zero-order valence-electron chi connectivity index (χ0n) is 17.1. The zero-order valence-corrected chi connectivity index (χ0v) is 17.1. The lowest BCUT2D eigenvalue weighted by atomic mass is 9.96. The number of aromatic nitrogens is 3. The molecule has 7 heteroatoms. The third-order valence-electron chi connectivity index (χ3n) is 4.83. The van der Waals surface area contributed by atoms with Crippen LogP contribution in [0.25, 0.3) is 22.2 Å². The molecule has 3 rings (SSSR count). The van der Waals surface area contributed by atoms with Crippen molar-refractivity contribution in [2.24, 2.45) is 12.8 Å². The lowest BCUT2D eigenvalue weighted by molar-refractivity contribution is -0.118. The van der Waals surface area contributed by atoms with Gasteiger partial charge in [-0.25, -0.2) is 9.97 Å². The first-order valence-corrected chi connectivity index (χ1v) is 9.33. The van der Waals surface area contributed by atoms with Crippen molar-refractivity contribution in [2.75, 3.05) is 19.0 Å². The highest BCUT2D eigenvalue weighted by Crippen LogP contribution is 2.37. The van der Waals surface area contributed by atoms with Crippen molar-refractivity contribution in [2.45, 2.75) is 33.6 Å². The maximum atomic E-state index is 11.0. The average Bonchev–Trinajstić information content (AvgIpc) is 2.94. The molecule has 148 valence electrons. The Labute approximate surface area is 164 Å². The highest BCUT2D eigenvalue weighted by molar-refractivity contribution is 5.99. The van der Waals surface area contributed by atoms with E-state index in [9.17, 15) is 4.79 Å². The molecular formula is C21H27N5O2.